The molecule has 0 aliphatic carbocycles. The topological polar surface area (TPSA) is 47.0 Å². The number of fused-ring (bicyclic) bond motifs is 1. The van der Waals surface area contributed by atoms with E-state index >= 15 is 0 Å². The van der Waals surface area contributed by atoms with Crippen molar-refractivity contribution in [1.29, 1.82) is 0 Å². The van der Waals surface area contributed by atoms with E-state index in [1.165, 1.54) is 6.26 Å². The zero-order valence-corrected chi connectivity index (χ0v) is 14.6. The second kappa shape index (κ2) is 5.48. The summed E-state index contributed by atoms with van der Waals surface area (Å²) in [5.74, 6) is 0. The highest BCUT2D eigenvalue weighted by atomic mass is 79.9. The molecule has 0 bridgehead atoms. The first kappa shape index (κ1) is 15.2. The summed E-state index contributed by atoms with van der Waals surface area (Å²) < 4.78 is 24.1. The van der Waals surface area contributed by atoms with Crippen molar-refractivity contribution in [2.75, 3.05) is 6.26 Å². The molecule has 112 valence electrons. The van der Waals surface area contributed by atoms with E-state index in [4.69, 9.17) is 0 Å². The van der Waals surface area contributed by atoms with Crippen molar-refractivity contribution in [2.24, 2.45) is 0 Å². The van der Waals surface area contributed by atoms with Crippen LogP contribution in [0.5, 0.6) is 0 Å². The number of hydrogen-bond donors (Lipinski definition) is 0. The molecule has 0 aliphatic heterocycles. The molecule has 3 aromatic rings. The summed E-state index contributed by atoms with van der Waals surface area (Å²) in [4.78, 5) is 4.87. The van der Waals surface area contributed by atoms with Crippen molar-refractivity contribution in [3.05, 3.63) is 58.7 Å². The molecule has 3 nitrogen and oxygen atoms in total. The maximum atomic E-state index is 11.6. The van der Waals surface area contributed by atoms with Crippen LogP contribution in [0.15, 0.2) is 57.9 Å². The Morgan fingerprint density at radius 1 is 1.00 bits per heavy atom. The Morgan fingerprint density at radius 2 is 1.68 bits per heavy atom. The van der Waals surface area contributed by atoms with Crippen LogP contribution >= 0.6 is 15.9 Å². The molecule has 0 fully saturated rings. The first-order valence-electron chi connectivity index (χ1n) is 6.72. The van der Waals surface area contributed by atoms with Crippen LogP contribution in [-0.2, 0) is 9.84 Å². The van der Waals surface area contributed by atoms with Gasteiger partial charge in [0.2, 0.25) is 0 Å². The van der Waals surface area contributed by atoms with Gasteiger partial charge in [0.15, 0.2) is 9.84 Å². The van der Waals surface area contributed by atoms with Crippen LogP contribution in [0.3, 0.4) is 0 Å². The lowest BCUT2D eigenvalue weighted by Crippen LogP contribution is -1.96. The van der Waals surface area contributed by atoms with Gasteiger partial charge in [0.25, 0.3) is 0 Å². The minimum atomic E-state index is -3.18. The van der Waals surface area contributed by atoms with Gasteiger partial charge in [-0.3, -0.25) is 4.98 Å². The Bertz CT molecular complexity index is 964. The third kappa shape index (κ3) is 2.91. The summed E-state index contributed by atoms with van der Waals surface area (Å²) >= 11 is 3.49. The molecule has 0 radical (unpaired) electrons. The fourth-order valence-electron chi connectivity index (χ4n) is 2.45. The van der Waals surface area contributed by atoms with Gasteiger partial charge in [0.05, 0.1) is 10.4 Å². The summed E-state index contributed by atoms with van der Waals surface area (Å²) in [6, 6.07) is 14.9. The maximum Gasteiger partial charge on any atom is 0.175 e. The molecule has 0 amide bonds. The molecule has 2 aromatic carbocycles. The van der Waals surface area contributed by atoms with E-state index in [0.29, 0.717) is 4.90 Å². The monoisotopic (exact) mass is 375 g/mol. The lowest BCUT2D eigenvalue weighted by Gasteiger charge is -2.09. The number of nitrogens with zero attached hydrogens (tertiary/aromatic N) is 1. The average Bonchev–Trinajstić information content (AvgIpc) is 2.46. The third-order valence-corrected chi connectivity index (χ3v) is 5.11. The predicted molar refractivity (Wildman–Crippen MR) is 92.7 cm³/mol. The second-order valence-electron chi connectivity index (χ2n) is 5.27. The Balaban J connectivity index is 2.23. The molecular weight excluding hydrogens is 362 g/mol. The van der Waals surface area contributed by atoms with Crippen molar-refractivity contribution in [2.45, 2.75) is 11.8 Å². The smallest absolute Gasteiger partial charge is 0.175 e. The van der Waals surface area contributed by atoms with Gasteiger partial charge in [0, 0.05) is 21.8 Å². The van der Waals surface area contributed by atoms with Crippen LogP contribution in [0.1, 0.15) is 5.69 Å². The maximum absolute atomic E-state index is 11.6. The van der Waals surface area contributed by atoms with Crippen LogP contribution in [0.25, 0.3) is 22.0 Å². The van der Waals surface area contributed by atoms with Crippen LogP contribution in [0.4, 0.5) is 0 Å². The lowest BCUT2D eigenvalue weighted by molar-refractivity contribution is 0.602. The molecule has 1 heterocycles. The van der Waals surface area contributed by atoms with Gasteiger partial charge in [-0.2, -0.15) is 0 Å². The van der Waals surface area contributed by atoms with Crippen molar-refractivity contribution in [1.82, 2.24) is 4.98 Å². The number of benzene rings is 2. The Labute approximate surface area is 138 Å². The van der Waals surface area contributed by atoms with E-state index < -0.39 is 9.84 Å². The summed E-state index contributed by atoms with van der Waals surface area (Å²) in [5, 5.41) is 1.03. The number of halogens is 1. The van der Waals surface area contributed by atoms with Gasteiger partial charge in [-0.1, -0.05) is 28.1 Å². The van der Waals surface area contributed by atoms with Gasteiger partial charge in [0.1, 0.15) is 0 Å². The average molecular weight is 376 g/mol. The van der Waals surface area contributed by atoms with Gasteiger partial charge >= 0.3 is 0 Å². The van der Waals surface area contributed by atoms with Crippen molar-refractivity contribution in [3.8, 4) is 11.1 Å². The van der Waals surface area contributed by atoms with Crippen LogP contribution in [0, 0.1) is 6.92 Å². The zero-order chi connectivity index (χ0) is 15.9. The van der Waals surface area contributed by atoms with E-state index in [0.717, 1.165) is 32.2 Å². The van der Waals surface area contributed by atoms with Crippen LogP contribution in [-0.4, -0.2) is 19.7 Å². The Hall–Kier alpha value is -1.72. The van der Waals surface area contributed by atoms with Crippen molar-refractivity contribution >= 4 is 36.7 Å². The predicted octanol–water partition coefficient (Wildman–Crippen LogP) is 4.38. The molecule has 5 heteroatoms. The van der Waals surface area contributed by atoms with Gasteiger partial charge in [-0.15, -0.1) is 0 Å². The number of hydrogen-bond acceptors (Lipinski definition) is 3. The molecule has 0 saturated heterocycles. The van der Waals surface area contributed by atoms with E-state index in [1.54, 1.807) is 12.1 Å². The molecule has 0 aliphatic rings. The van der Waals surface area contributed by atoms with Gasteiger partial charge in [-0.05, 0) is 54.4 Å². The molecule has 0 unspecified atom stereocenters. The number of pyridine rings is 1. The Morgan fingerprint density at radius 3 is 2.32 bits per heavy atom. The van der Waals surface area contributed by atoms with E-state index in [9.17, 15) is 8.42 Å². The molecule has 3 rings (SSSR count). The second-order valence-corrected chi connectivity index (χ2v) is 8.20. The molecule has 0 N–H and O–H groups in total. The number of sulfone groups is 1. The Kier molecular flexibility index (Phi) is 3.78. The zero-order valence-electron chi connectivity index (χ0n) is 12.2. The number of aryl methyl sites for hydroxylation is 1. The fourth-order valence-corrected chi connectivity index (χ4v) is 3.44. The molecule has 22 heavy (non-hydrogen) atoms. The molecule has 0 atom stereocenters. The highest BCUT2D eigenvalue weighted by molar-refractivity contribution is 9.10. The summed E-state index contributed by atoms with van der Waals surface area (Å²) in [7, 11) is -3.18. The molecule has 0 spiro atoms. The first-order valence-corrected chi connectivity index (χ1v) is 9.40. The van der Waals surface area contributed by atoms with Gasteiger partial charge in [-0.25, -0.2) is 8.42 Å². The summed E-state index contributed by atoms with van der Waals surface area (Å²) in [5.41, 5.74) is 3.87. The molecular formula is C17H14BrNO2S. The van der Waals surface area contributed by atoms with Crippen LogP contribution < -0.4 is 0 Å². The minimum absolute atomic E-state index is 0.326. The van der Waals surface area contributed by atoms with E-state index in [1.807, 2.05) is 43.3 Å². The third-order valence-electron chi connectivity index (χ3n) is 3.49. The normalized spacial score (nSPS) is 11.8. The van der Waals surface area contributed by atoms with E-state index in [-0.39, 0.29) is 0 Å². The quantitative estimate of drug-likeness (QED) is 0.667. The van der Waals surface area contributed by atoms with Crippen molar-refractivity contribution in [3.63, 3.8) is 0 Å². The van der Waals surface area contributed by atoms with E-state index in [2.05, 4.69) is 20.9 Å². The lowest BCUT2D eigenvalue weighted by atomic mass is 10.0. The number of rotatable bonds is 2. The van der Waals surface area contributed by atoms with Crippen LogP contribution in [0.2, 0.25) is 0 Å². The SMILES string of the molecule is Cc1cc(-c2ccc(S(C)(=O)=O)cc2)c2cc(Br)ccc2n1. The molecule has 0 saturated carbocycles. The fraction of sp³-hybridized carbons (Fsp3) is 0.118. The standard InChI is InChI=1S/C17H14BrNO2S/c1-11-9-15(16-10-13(18)5-8-17(16)19-11)12-3-6-14(7-4-12)22(2,20)21/h3-10H,1-2H3. The highest BCUT2D eigenvalue weighted by Crippen LogP contribution is 2.31. The number of aromatic nitrogens is 1. The summed E-state index contributed by atoms with van der Waals surface area (Å²) in [6.45, 7) is 1.95. The van der Waals surface area contributed by atoms with Gasteiger partial charge < -0.3 is 0 Å². The van der Waals surface area contributed by atoms with Crippen molar-refractivity contribution < 1.29 is 8.42 Å². The molecule has 1 aromatic heterocycles. The highest BCUT2D eigenvalue weighted by Gasteiger charge is 2.10. The largest absolute Gasteiger partial charge is 0.253 e. The first-order chi connectivity index (χ1) is 10.3. The minimum Gasteiger partial charge on any atom is -0.253 e. The summed E-state index contributed by atoms with van der Waals surface area (Å²) in [6.07, 6.45) is 1.21.